The third-order valence-corrected chi connectivity index (χ3v) is 6.17. The van der Waals surface area contributed by atoms with Gasteiger partial charge >= 0.3 is 11.9 Å². The zero-order valence-electron chi connectivity index (χ0n) is 13.2. The maximum Gasteiger partial charge on any atom is 0.337 e. The number of benzene rings is 1. The van der Waals surface area contributed by atoms with Crippen LogP contribution in [0.2, 0.25) is 0 Å². The van der Waals surface area contributed by atoms with Crippen LogP contribution < -0.4 is 0 Å². The largest absolute Gasteiger partial charge is 0.481 e. The number of carboxylic acids is 1. The van der Waals surface area contributed by atoms with Crippen LogP contribution in [0.1, 0.15) is 29.3 Å². The number of nitrogens with zero attached hydrogens (tertiary/aromatic N) is 1. The average Bonchev–Trinajstić information content (AvgIpc) is 2.90. The molecule has 0 spiro atoms. The predicted molar refractivity (Wildman–Crippen MR) is 81.6 cm³/mol. The standard InChI is InChI=1S/C15H19NO6S/c1-10-8-11(13(17)22-3)4-5-12(10)23(20,21)16-7-6-15(2,9-16)14(18)19/h4-5,8H,6-7,9H2,1-3H3,(H,18,19). The molecular weight excluding hydrogens is 322 g/mol. The van der Waals surface area contributed by atoms with Crippen molar-refractivity contribution in [3.05, 3.63) is 29.3 Å². The van der Waals surface area contributed by atoms with Crippen LogP contribution in [0.25, 0.3) is 0 Å². The van der Waals surface area contributed by atoms with Gasteiger partial charge in [0.15, 0.2) is 0 Å². The molecule has 0 radical (unpaired) electrons. The van der Waals surface area contributed by atoms with E-state index in [1.807, 2.05) is 0 Å². The fourth-order valence-electron chi connectivity index (χ4n) is 2.62. The van der Waals surface area contributed by atoms with Gasteiger partial charge in [-0.3, -0.25) is 4.79 Å². The predicted octanol–water partition coefficient (Wildman–Crippen LogP) is 1.27. The summed E-state index contributed by atoms with van der Waals surface area (Å²) in [5, 5.41) is 9.23. The van der Waals surface area contributed by atoms with E-state index in [0.29, 0.717) is 5.56 Å². The van der Waals surface area contributed by atoms with Crippen molar-refractivity contribution < 1.29 is 27.9 Å². The molecule has 1 aliphatic heterocycles. The highest BCUT2D eigenvalue weighted by molar-refractivity contribution is 7.89. The number of carbonyl (C=O) groups is 2. The number of rotatable bonds is 4. The van der Waals surface area contributed by atoms with E-state index < -0.39 is 27.4 Å². The number of carbonyl (C=O) groups excluding carboxylic acids is 1. The molecule has 126 valence electrons. The van der Waals surface area contributed by atoms with Crippen LogP contribution in [0, 0.1) is 12.3 Å². The Labute approximate surface area is 134 Å². The summed E-state index contributed by atoms with van der Waals surface area (Å²) >= 11 is 0. The fraction of sp³-hybridized carbons (Fsp3) is 0.467. The van der Waals surface area contributed by atoms with E-state index in [-0.39, 0.29) is 30.0 Å². The van der Waals surface area contributed by atoms with Gasteiger partial charge in [-0.15, -0.1) is 0 Å². The van der Waals surface area contributed by atoms with Gasteiger partial charge in [0.1, 0.15) is 0 Å². The molecule has 1 N–H and O–H groups in total. The van der Waals surface area contributed by atoms with Crippen molar-refractivity contribution in [1.82, 2.24) is 4.31 Å². The van der Waals surface area contributed by atoms with Gasteiger partial charge in [-0.25, -0.2) is 13.2 Å². The van der Waals surface area contributed by atoms with Gasteiger partial charge in [-0.1, -0.05) is 0 Å². The molecule has 1 fully saturated rings. The maximum absolute atomic E-state index is 12.7. The molecule has 1 unspecified atom stereocenters. The maximum atomic E-state index is 12.7. The van der Waals surface area contributed by atoms with E-state index in [1.54, 1.807) is 6.92 Å². The lowest BCUT2D eigenvalue weighted by atomic mass is 9.90. The lowest BCUT2D eigenvalue weighted by Gasteiger charge is -2.21. The van der Waals surface area contributed by atoms with Gasteiger partial charge in [0, 0.05) is 13.1 Å². The monoisotopic (exact) mass is 341 g/mol. The van der Waals surface area contributed by atoms with E-state index in [1.165, 1.54) is 36.5 Å². The summed E-state index contributed by atoms with van der Waals surface area (Å²) in [5.74, 6) is -1.55. The highest BCUT2D eigenvalue weighted by Gasteiger charge is 2.45. The lowest BCUT2D eigenvalue weighted by Crippen LogP contribution is -2.35. The summed E-state index contributed by atoms with van der Waals surface area (Å²) < 4.78 is 31.3. The third-order valence-electron chi connectivity index (χ3n) is 4.17. The minimum absolute atomic E-state index is 0.0666. The Kier molecular flexibility index (Phi) is 4.50. The summed E-state index contributed by atoms with van der Waals surface area (Å²) in [5.41, 5.74) is -0.398. The Morgan fingerprint density at radius 2 is 2.00 bits per heavy atom. The van der Waals surface area contributed by atoms with Crippen molar-refractivity contribution in [2.75, 3.05) is 20.2 Å². The zero-order chi connectivity index (χ0) is 17.4. The Bertz CT molecular complexity index is 757. The molecule has 1 atom stereocenters. The summed E-state index contributed by atoms with van der Waals surface area (Å²) in [4.78, 5) is 22.8. The third kappa shape index (κ3) is 3.09. The van der Waals surface area contributed by atoms with Crippen molar-refractivity contribution >= 4 is 22.0 Å². The molecule has 1 aromatic carbocycles. The Hall–Kier alpha value is -1.93. The van der Waals surface area contributed by atoms with Crippen molar-refractivity contribution in [3.63, 3.8) is 0 Å². The van der Waals surface area contributed by atoms with Crippen molar-refractivity contribution in [1.29, 1.82) is 0 Å². The number of methoxy groups -OCH3 is 1. The Morgan fingerprint density at radius 1 is 1.35 bits per heavy atom. The molecule has 23 heavy (non-hydrogen) atoms. The molecule has 1 aromatic rings. The minimum atomic E-state index is -3.81. The molecule has 8 heteroatoms. The second kappa shape index (κ2) is 5.93. The Balaban J connectivity index is 2.34. The van der Waals surface area contributed by atoms with E-state index in [2.05, 4.69) is 4.74 Å². The van der Waals surface area contributed by atoms with Crippen LogP contribution in [0.3, 0.4) is 0 Å². The molecule has 0 saturated carbocycles. The van der Waals surface area contributed by atoms with Crippen LogP contribution in [0.4, 0.5) is 0 Å². The molecule has 1 heterocycles. The summed E-state index contributed by atoms with van der Waals surface area (Å²) in [6.45, 7) is 3.22. The SMILES string of the molecule is COC(=O)c1ccc(S(=O)(=O)N2CCC(C)(C(=O)O)C2)c(C)c1. The number of aryl methyl sites for hydroxylation is 1. The van der Waals surface area contributed by atoms with Crippen molar-refractivity contribution in [2.24, 2.45) is 5.41 Å². The number of hydrogen-bond donors (Lipinski definition) is 1. The van der Waals surface area contributed by atoms with Crippen molar-refractivity contribution in [3.8, 4) is 0 Å². The normalized spacial score (nSPS) is 22.0. The first-order valence-corrected chi connectivity index (χ1v) is 8.48. The lowest BCUT2D eigenvalue weighted by molar-refractivity contribution is -0.146. The van der Waals surface area contributed by atoms with Crippen LogP contribution >= 0.6 is 0 Å². The number of hydrogen-bond acceptors (Lipinski definition) is 5. The summed E-state index contributed by atoms with van der Waals surface area (Å²) in [7, 11) is -2.56. The quantitative estimate of drug-likeness (QED) is 0.828. The van der Waals surface area contributed by atoms with Gasteiger partial charge < -0.3 is 9.84 Å². The molecule has 2 rings (SSSR count). The first-order valence-electron chi connectivity index (χ1n) is 7.04. The number of carboxylic acid groups (broad SMARTS) is 1. The van der Waals surface area contributed by atoms with Crippen LogP contribution in [-0.4, -0.2) is 50.0 Å². The second-order valence-corrected chi connectivity index (χ2v) is 7.83. The number of ether oxygens (including phenoxy) is 1. The number of sulfonamides is 1. The average molecular weight is 341 g/mol. The highest BCUT2D eigenvalue weighted by atomic mass is 32.2. The zero-order valence-corrected chi connectivity index (χ0v) is 14.0. The highest BCUT2D eigenvalue weighted by Crippen LogP contribution is 2.34. The smallest absolute Gasteiger partial charge is 0.337 e. The van der Waals surface area contributed by atoms with Crippen LogP contribution in [-0.2, 0) is 19.6 Å². The summed E-state index contributed by atoms with van der Waals surface area (Å²) in [6.07, 6.45) is 0.265. The molecule has 0 aromatic heterocycles. The van der Waals surface area contributed by atoms with Gasteiger partial charge in [-0.05, 0) is 44.0 Å². The Morgan fingerprint density at radius 3 is 2.48 bits per heavy atom. The molecule has 1 aliphatic rings. The molecule has 0 amide bonds. The summed E-state index contributed by atoms with van der Waals surface area (Å²) in [6, 6.07) is 4.19. The molecule has 7 nitrogen and oxygen atoms in total. The first kappa shape index (κ1) is 17.4. The molecule has 1 saturated heterocycles. The first-order chi connectivity index (χ1) is 10.6. The van der Waals surface area contributed by atoms with Gasteiger partial charge in [-0.2, -0.15) is 4.31 Å². The van der Waals surface area contributed by atoms with E-state index in [4.69, 9.17) is 0 Å². The molecular formula is C15H19NO6S. The second-order valence-electron chi connectivity index (χ2n) is 5.93. The van der Waals surface area contributed by atoms with Crippen LogP contribution in [0.15, 0.2) is 23.1 Å². The van der Waals surface area contributed by atoms with Gasteiger partial charge in [0.25, 0.3) is 0 Å². The van der Waals surface area contributed by atoms with Gasteiger partial charge in [0.05, 0.1) is 23.0 Å². The number of aliphatic carboxylic acids is 1. The topological polar surface area (TPSA) is 101 Å². The van der Waals surface area contributed by atoms with Gasteiger partial charge in [0.2, 0.25) is 10.0 Å². The van der Waals surface area contributed by atoms with E-state index in [0.717, 1.165) is 0 Å². The minimum Gasteiger partial charge on any atom is -0.481 e. The fourth-order valence-corrected chi connectivity index (χ4v) is 4.39. The number of esters is 1. The van der Waals surface area contributed by atoms with Crippen LogP contribution in [0.5, 0.6) is 0 Å². The van der Waals surface area contributed by atoms with E-state index in [9.17, 15) is 23.1 Å². The van der Waals surface area contributed by atoms with Crippen molar-refractivity contribution in [2.45, 2.75) is 25.2 Å². The molecule has 0 aliphatic carbocycles. The molecule has 0 bridgehead atoms. The van der Waals surface area contributed by atoms with E-state index >= 15 is 0 Å².